The number of thiophene rings is 1. The van der Waals surface area contributed by atoms with E-state index in [1.54, 1.807) is 18.3 Å². The van der Waals surface area contributed by atoms with Crippen molar-refractivity contribution in [1.29, 1.82) is 0 Å². The van der Waals surface area contributed by atoms with Gasteiger partial charge < -0.3 is 10.2 Å². The first kappa shape index (κ1) is 17.2. The van der Waals surface area contributed by atoms with Gasteiger partial charge in [-0.1, -0.05) is 17.4 Å². The Morgan fingerprint density at radius 1 is 1.46 bits per heavy atom. The van der Waals surface area contributed by atoms with Crippen LogP contribution in [-0.2, 0) is 11.3 Å². The van der Waals surface area contributed by atoms with E-state index in [0.717, 1.165) is 29.4 Å². The van der Waals surface area contributed by atoms with Gasteiger partial charge in [0.1, 0.15) is 0 Å². The van der Waals surface area contributed by atoms with Crippen molar-refractivity contribution < 1.29 is 4.79 Å². The summed E-state index contributed by atoms with van der Waals surface area (Å²) < 4.78 is 1.34. The molecular weight excluding hydrogens is 370 g/mol. The fourth-order valence-corrected chi connectivity index (χ4v) is 4.77. The summed E-state index contributed by atoms with van der Waals surface area (Å²) in [7, 11) is 0. The number of piperidine rings is 1. The molecule has 136 valence electrons. The van der Waals surface area contributed by atoms with Gasteiger partial charge in [0.05, 0.1) is 12.5 Å². The molecule has 9 heteroatoms. The molecular formula is C17H19N5O2S2. The molecule has 26 heavy (non-hydrogen) atoms. The second-order valence-corrected chi connectivity index (χ2v) is 8.36. The summed E-state index contributed by atoms with van der Waals surface area (Å²) in [5, 5.41) is 10.2. The number of carbonyl (C=O) groups excluding carboxylic acids is 1. The number of aromatic nitrogens is 3. The molecule has 0 spiro atoms. The highest BCUT2D eigenvalue weighted by Crippen LogP contribution is 2.27. The largest absolute Gasteiger partial charge is 0.351 e. The summed E-state index contributed by atoms with van der Waals surface area (Å²) in [5.41, 5.74) is 0.520. The topological polar surface area (TPSA) is 79.6 Å². The minimum atomic E-state index is -0.169. The fourth-order valence-electron chi connectivity index (χ4n) is 3.13. The van der Waals surface area contributed by atoms with E-state index in [1.807, 2.05) is 17.5 Å². The lowest BCUT2D eigenvalue weighted by Gasteiger charge is -2.31. The van der Waals surface area contributed by atoms with Gasteiger partial charge >= 0.3 is 0 Å². The van der Waals surface area contributed by atoms with E-state index in [4.69, 9.17) is 0 Å². The zero-order chi connectivity index (χ0) is 18.1. The van der Waals surface area contributed by atoms with Crippen LogP contribution in [0.15, 0.2) is 28.4 Å². The summed E-state index contributed by atoms with van der Waals surface area (Å²) in [6.07, 6.45) is 1.79. The number of rotatable bonds is 4. The number of nitrogens with zero attached hydrogens (tertiary/aromatic N) is 4. The van der Waals surface area contributed by atoms with Gasteiger partial charge in [-0.3, -0.25) is 9.59 Å². The van der Waals surface area contributed by atoms with Gasteiger partial charge in [0, 0.05) is 29.7 Å². The first-order chi connectivity index (χ1) is 12.6. The lowest BCUT2D eigenvalue weighted by molar-refractivity contribution is -0.125. The molecule has 1 fully saturated rings. The minimum absolute atomic E-state index is 0.0675. The molecule has 1 atom stereocenters. The van der Waals surface area contributed by atoms with Crippen LogP contribution in [0.25, 0.3) is 4.96 Å². The maximum absolute atomic E-state index is 12.5. The predicted octanol–water partition coefficient (Wildman–Crippen LogP) is 2.05. The van der Waals surface area contributed by atoms with Crippen LogP contribution in [0, 0.1) is 12.8 Å². The number of anilines is 1. The number of hydrogen-bond donors (Lipinski definition) is 1. The maximum Gasteiger partial charge on any atom is 0.275 e. The van der Waals surface area contributed by atoms with E-state index in [1.165, 1.54) is 21.9 Å². The smallest absolute Gasteiger partial charge is 0.275 e. The Hall–Kier alpha value is -2.26. The monoisotopic (exact) mass is 389 g/mol. The van der Waals surface area contributed by atoms with Gasteiger partial charge in [0.15, 0.2) is 0 Å². The van der Waals surface area contributed by atoms with Crippen molar-refractivity contribution in [1.82, 2.24) is 19.9 Å². The molecule has 3 aromatic heterocycles. The van der Waals surface area contributed by atoms with Crippen LogP contribution in [0.4, 0.5) is 5.13 Å². The number of carbonyl (C=O) groups is 1. The van der Waals surface area contributed by atoms with E-state index in [9.17, 15) is 9.59 Å². The predicted molar refractivity (Wildman–Crippen MR) is 103 cm³/mol. The quantitative estimate of drug-likeness (QED) is 0.739. The maximum atomic E-state index is 12.5. The highest BCUT2D eigenvalue weighted by Gasteiger charge is 2.27. The van der Waals surface area contributed by atoms with Crippen molar-refractivity contribution in [3.05, 3.63) is 44.5 Å². The molecule has 7 nitrogen and oxygen atoms in total. The van der Waals surface area contributed by atoms with Gasteiger partial charge in [0.2, 0.25) is 16.0 Å². The number of hydrogen-bond acceptors (Lipinski definition) is 7. The minimum Gasteiger partial charge on any atom is -0.351 e. The molecule has 0 aliphatic carbocycles. The van der Waals surface area contributed by atoms with E-state index in [2.05, 4.69) is 20.3 Å². The number of aryl methyl sites for hydroxylation is 1. The lowest BCUT2D eigenvalue weighted by atomic mass is 9.97. The molecule has 0 unspecified atom stereocenters. The van der Waals surface area contributed by atoms with Gasteiger partial charge in [-0.05, 0) is 31.2 Å². The zero-order valence-corrected chi connectivity index (χ0v) is 16.0. The Bertz CT molecular complexity index is 979. The zero-order valence-electron chi connectivity index (χ0n) is 14.3. The van der Waals surface area contributed by atoms with Crippen molar-refractivity contribution in [3.63, 3.8) is 0 Å². The van der Waals surface area contributed by atoms with E-state index < -0.39 is 0 Å². The highest BCUT2D eigenvalue weighted by molar-refractivity contribution is 7.20. The molecule has 4 rings (SSSR count). The summed E-state index contributed by atoms with van der Waals surface area (Å²) in [6, 6.07) is 5.48. The van der Waals surface area contributed by atoms with Gasteiger partial charge in [-0.25, -0.2) is 4.98 Å². The van der Waals surface area contributed by atoms with Crippen LogP contribution in [0.1, 0.15) is 23.4 Å². The van der Waals surface area contributed by atoms with Gasteiger partial charge in [-0.15, -0.1) is 16.4 Å². The molecule has 4 heterocycles. The van der Waals surface area contributed by atoms with Crippen molar-refractivity contribution in [3.8, 4) is 0 Å². The first-order valence-corrected chi connectivity index (χ1v) is 10.2. The van der Waals surface area contributed by atoms with E-state index >= 15 is 0 Å². The Morgan fingerprint density at radius 3 is 3.15 bits per heavy atom. The highest BCUT2D eigenvalue weighted by atomic mass is 32.1. The van der Waals surface area contributed by atoms with Crippen molar-refractivity contribution >= 4 is 38.7 Å². The van der Waals surface area contributed by atoms with Crippen LogP contribution in [0.5, 0.6) is 0 Å². The van der Waals surface area contributed by atoms with E-state index in [0.29, 0.717) is 23.7 Å². The third-order valence-electron chi connectivity index (χ3n) is 4.44. The SMILES string of the molecule is Cc1cc(=O)n2nc(N3CCC[C@H](C(=O)NCc4cccs4)C3)sc2n1. The van der Waals surface area contributed by atoms with E-state index in [-0.39, 0.29) is 17.4 Å². The second-order valence-electron chi connectivity index (χ2n) is 6.40. The first-order valence-electron chi connectivity index (χ1n) is 8.53. The molecule has 1 aliphatic heterocycles. The standard InChI is InChI=1S/C17H19N5O2S2/c1-11-8-14(23)22-16(19-11)26-17(20-22)21-6-2-4-12(10-21)15(24)18-9-13-5-3-7-25-13/h3,5,7-8,12H,2,4,6,9-10H2,1H3,(H,18,24)/t12-/m0/s1. The second kappa shape index (κ2) is 7.16. The lowest BCUT2D eigenvalue weighted by Crippen LogP contribution is -2.43. The molecule has 0 radical (unpaired) electrons. The number of nitrogens with one attached hydrogen (secondary N) is 1. The van der Waals surface area contributed by atoms with Gasteiger partial charge in [0.25, 0.3) is 5.56 Å². The Balaban J connectivity index is 1.47. The summed E-state index contributed by atoms with van der Waals surface area (Å²) in [6.45, 7) is 3.83. The average molecular weight is 390 g/mol. The fraction of sp³-hybridized carbons (Fsp3) is 0.412. The van der Waals surface area contributed by atoms with Crippen molar-refractivity contribution in [2.24, 2.45) is 5.92 Å². The molecule has 0 aromatic carbocycles. The number of amides is 1. The Kier molecular flexibility index (Phi) is 4.73. The Labute approximate surface area is 158 Å². The normalized spacial score (nSPS) is 17.6. The van der Waals surface area contributed by atoms with Crippen LogP contribution in [0.2, 0.25) is 0 Å². The molecule has 0 saturated carbocycles. The van der Waals surface area contributed by atoms with Crippen molar-refractivity contribution in [2.45, 2.75) is 26.3 Å². The van der Waals surface area contributed by atoms with Crippen LogP contribution >= 0.6 is 22.7 Å². The van der Waals surface area contributed by atoms with Crippen LogP contribution in [0.3, 0.4) is 0 Å². The summed E-state index contributed by atoms with van der Waals surface area (Å²) in [4.78, 5) is 32.8. The molecule has 1 aliphatic rings. The molecule has 3 aromatic rings. The van der Waals surface area contributed by atoms with Crippen LogP contribution in [-0.4, -0.2) is 33.6 Å². The molecule has 1 saturated heterocycles. The average Bonchev–Trinajstić information content (AvgIpc) is 3.29. The summed E-state index contributed by atoms with van der Waals surface area (Å²) >= 11 is 3.03. The molecule has 1 amide bonds. The summed E-state index contributed by atoms with van der Waals surface area (Å²) in [5.74, 6) is 0.0116. The third-order valence-corrected chi connectivity index (χ3v) is 6.29. The third kappa shape index (κ3) is 3.49. The molecule has 1 N–H and O–H groups in total. The van der Waals surface area contributed by atoms with Crippen LogP contribution < -0.4 is 15.8 Å². The molecule has 0 bridgehead atoms. The van der Waals surface area contributed by atoms with Crippen molar-refractivity contribution in [2.75, 3.05) is 18.0 Å². The van der Waals surface area contributed by atoms with Gasteiger partial charge in [-0.2, -0.15) is 4.52 Å². The Morgan fingerprint density at radius 2 is 2.35 bits per heavy atom. The number of fused-ring (bicyclic) bond motifs is 1.